The molecule has 0 amide bonds. The minimum absolute atomic E-state index is 0.448. The van der Waals surface area contributed by atoms with Crippen molar-refractivity contribution >= 4 is 0 Å². The lowest BCUT2D eigenvalue weighted by Crippen LogP contribution is -2.23. The normalized spacial score (nSPS) is 29.0. The van der Waals surface area contributed by atoms with Gasteiger partial charge in [-0.3, -0.25) is 0 Å². The molecule has 1 aromatic heterocycles. The first-order chi connectivity index (χ1) is 8.33. The number of nitrogens with zero attached hydrogens (tertiary/aromatic N) is 1. The topological polar surface area (TPSA) is 47.3 Å². The molecule has 0 saturated carbocycles. The molecule has 1 aromatic rings. The van der Waals surface area contributed by atoms with Crippen molar-refractivity contribution < 1.29 is 9.15 Å². The van der Waals surface area contributed by atoms with Gasteiger partial charge in [0, 0.05) is 25.0 Å². The predicted molar refractivity (Wildman–Crippen MR) is 64.1 cm³/mol. The van der Waals surface area contributed by atoms with Crippen LogP contribution in [0.1, 0.15) is 42.5 Å². The Balaban J connectivity index is 1.70. The lowest BCUT2D eigenvalue weighted by Gasteiger charge is -2.05. The van der Waals surface area contributed by atoms with Gasteiger partial charge in [0.2, 0.25) is 0 Å². The highest BCUT2D eigenvalue weighted by Crippen LogP contribution is 2.28. The Bertz CT molecular complexity index is 377. The van der Waals surface area contributed by atoms with Gasteiger partial charge in [-0.15, -0.1) is 0 Å². The Morgan fingerprint density at radius 3 is 3.06 bits per heavy atom. The summed E-state index contributed by atoms with van der Waals surface area (Å²) >= 11 is 0. The molecule has 2 aliphatic rings. The number of oxazole rings is 1. The SMILES string of the molecule is Cc1oc(CC2CCCN2)nc1C1CCOC1. The van der Waals surface area contributed by atoms with Crippen LogP contribution in [0.2, 0.25) is 0 Å². The first-order valence-corrected chi connectivity index (χ1v) is 6.60. The van der Waals surface area contributed by atoms with Crippen LogP contribution >= 0.6 is 0 Å². The average Bonchev–Trinajstić information content (AvgIpc) is 3.00. The first kappa shape index (κ1) is 11.2. The Hall–Kier alpha value is -0.870. The van der Waals surface area contributed by atoms with Gasteiger partial charge in [0.1, 0.15) is 5.76 Å². The fourth-order valence-corrected chi connectivity index (χ4v) is 2.82. The number of hydrogen-bond acceptors (Lipinski definition) is 4. The summed E-state index contributed by atoms with van der Waals surface area (Å²) in [6, 6.07) is 0.556. The van der Waals surface area contributed by atoms with Crippen LogP contribution in [0.25, 0.3) is 0 Å². The van der Waals surface area contributed by atoms with Crippen molar-refractivity contribution in [2.75, 3.05) is 19.8 Å². The van der Waals surface area contributed by atoms with E-state index in [4.69, 9.17) is 9.15 Å². The highest BCUT2D eigenvalue weighted by Gasteiger charge is 2.25. The maximum Gasteiger partial charge on any atom is 0.196 e. The highest BCUT2D eigenvalue weighted by atomic mass is 16.5. The van der Waals surface area contributed by atoms with Crippen molar-refractivity contribution in [3.63, 3.8) is 0 Å². The van der Waals surface area contributed by atoms with Crippen molar-refractivity contribution in [1.29, 1.82) is 0 Å². The van der Waals surface area contributed by atoms with Gasteiger partial charge >= 0.3 is 0 Å². The molecule has 2 aliphatic heterocycles. The zero-order valence-electron chi connectivity index (χ0n) is 10.4. The quantitative estimate of drug-likeness (QED) is 0.869. The first-order valence-electron chi connectivity index (χ1n) is 6.60. The molecule has 2 fully saturated rings. The number of aryl methyl sites for hydroxylation is 1. The van der Waals surface area contributed by atoms with Gasteiger partial charge in [0.15, 0.2) is 5.89 Å². The number of nitrogens with one attached hydrogen (secondary N) is 1. The fraction of sp³-hybridized carbons (Fsp3) is 0.769. The van der Waals surface area contributed by atoms with Gasteiger partial charge < -0.3 is 14.5 Å². The highest BCUT2D eigenvalue weighted by molar-refractivity contribution is 5.15. The molecule has 2 saturated heterocycles. The van der Waals surface area contributed by atoms with E-state index in [1.807, 2.05) is 6.92 Å². The van der Waals surface area contributed by atoms with Gasteiger partial charge in [-0.05, 0) is 32.7 Å². The Labute approximate surface area is 102 Å². The second-order valence-corrected chi connectivity index (χ2v) is 5.11. The minimum atomic E-state index is 0.448. The molecule has 0 radical (unpaired) electrons. The summed E-state index contributed by atoms with van der Waals surface area (Å²) in [6.45, 7) is 4.81. The van der Waals surface area contributed by atoms with E-state index in [2.05, 4.69) is 10.3 Å². The molecular formula is C13H20N2O2. The molecule has 94 valence electrons. The van der Waals surface area contributed by atoms with Crippen LogP contribution in [0.5, 0.6) is 0 Å². The maximum absolute atomic E-state index is 5.78. The van der Waals surface area contributed by atoms with Crippen LogP contribution in [-0.2, 0) is 11.2 Å². The van der Waals surface area contributed by atoms with Gasteiger partial charge in [-0.2, -0.15) is 0 Å². The van der Waals surface area contributed by atoms with Crippen molar-refractivity contribution in [3.8, 4) is 0 Å². The summed E-state index contributed by atoms with van der Waals surface area (Å²) in [6.07, 6.45) is 4.51. The Kier molecular flexibility index (Phi) is 3.16. The van der Waals surface area contributed by atoms with Crippen LogP contribution in [0, 0.1) is 6.92 Å². The molecule has 0 aromatic carbocycles. The molecule has 0 bridgehead atoms. The smallest absolute Gasteiger partial charge is 0.196 e. The molecule has 0 aliphatic carbocycles. The van der Waals surface area contributed by atoms with E-state index in [-0.39, 0.29) is 0 Å². The monoisotopic (exact) mass is 236 g/mol. The summed E-state index contributed by atoms with van der Waals surface area (Å²) in [7, 11) is 0. The molecule has 4 nitrogen and oxygen atoms in total. The molecule has 3 rings (SSSR count). The van der Waals surface area contributed by atoms with Gasteiger partial charge in [0.05, 0.1) is 12.3 Å². The van der Waals surface area contributed by atoms with E-state index in [0.717, 1.165) is 49.9 Å². The van der Waals surface area contributed by atoms with Crippen molar-refractivity contribution in [1.82, 2.24) is 10.3 Å². The lowest BCUT2D eigenvalue weighted by molar-refractivity contribution is 0.193. The third-order valence-corrected chi connectivity index (χ3v) is 3.78. The number of aromatic nitrogens is 1. The average molecular weight is 236 g/mol. The van der Waals surface area contributed by atoms with Crippen molar-refractivity contribution in [2.45, 2.75) is 44.6 Å². The zero-order valence-corrected chi connectivity index (χ0v) is 10.4. The third-order valence-electron chi connectivity index (χ3n) is 3.78. The summed E-state index contributed by atoms with van der Waals surface area (Å²) in [4.78, 5) is 4.67. The molecule has 2 atom stereocenters. The van der Waals surface area contributed by atoms with Gasteiger partial charge in [0.25, 0.3) is 0 Å². The molecule has 0 spiro atoms. The summed E-state index contributed by atoms with van der Waals surface area (Å²) in [5, 5.41) is 3.48. The minimum Gasteiger partial charge on any atom is -0.446 e. The summed E-state index contributed by atoms with van der Waals surface area (Å²) in [5.74, 6) is 2.32. The predicted octanol–water partition coefficient (Wildman–Crippen LogP) is 1.78. The van der Waals surface area contributed by atoms with Crippen LogP contribution in [0.15, 0.2) is 4.42 Å². The van der Waals surface area contributed by atoms with E-state index >= 15 is 0 Å². The van der Waals surface area contributed by atoms with E-state index in [0.29, 0.717) is 12.0 Å². The fourth-order valence-electron chi connectivity index (χ4n) is 2.82. The summed E-state index contributed by atoms with van der Waals surface area (Å²) in [5.41, 5.74) is 1.12. The molecule has 4 heteroatoms. The van der Waals surface area contributed by atoms with Crippen molar-refractivity contribution in [3.05, 3.63) is 17.3 Å². The molecule has 17 heavy (non-hydrogen) atoms. The third kappa shape index (κ3) is 2.38. The second kappa shape index (κ2) is 4.78. The van der Waals surface area contributed by atoms with E-state index < -0.39 is 0 Å². The largest absolute Gasteiger partial charge is 0.446 e. The van der Waals surface area contributed by atoms with Gasteiger partial charge in [-0.1, -0.05) is 0 Å². The number of rotatable bonds is 3. The molecular weight excluding hydrogens is 216 g/mol. The zero-order chi connectivity index (χ0) is 11.7. The summed E-state index contributed by atoms with van der Waals surface area (Å²) < 4.78 is 11.2. The molecule has 1 N–H and O–H groups in total. The lowest BCUT2D eigenvalue weighted by atomic mass is 10.0. The molecule has 3 heterocycles. The number of hydrogen-bond donors (Lipinski definition) is 1. The van der Waals surface area contributed by atoms with Crippen LogP contribution < -0.4 is 5.32 Å². The van der Waals surface area contributed by atoms with E-state index in [1.165, 1.54) is 12.8 Å². The van der Waals surface area contributed by atoms with Gasteiger partial charge in [-0.25, -0.2) is 4.98 Å². The van der Waals surface area contributed by atoms with Crippen LogP contribution in [0.4, 0.5) is 0 Å². The maximum atomic E-state index is 5.78. The molecule has 2 unspecified atom stereocenters. The Morgan fingerprint density at radius 2 is 2.35 bits per heavy atom. The Morgan fingerprint density at radius 1 is 1.41 bits per heavy atom. The van der Waals surface area contributed by atoms with Crippen LogP contribution in [-0.4, -0.2) is 30.8 Å². The standard InChI is InChI=1S/C13H20N2O2/c1-9-13(10-4-6-16-8-10)15-12(17-9)7-11-3-2-5-14-11/h10-11,14H,2-8H2,1H3. The van der Waals surface area contributed by atoms with E-state index in [1.54, 1.807) is 0 Å². The van der Waals surface area contributed by atoms with Crippen LogP contribution in [0.3, 0.4) is 0 Å². The van der Waals surface area contributed by atoms with Crippen molar-refractivity contribution in [2.24, 2.45) is 0 Å². The number of ether oxygens (including phenoxy) is 1. The van der Waals surface area contributed by atoms with E-state index in [9.17, 15) is 0 Å². The second-order valence-electron chi connectivity index (χ2n) is 5.11.